The van der Waals surface area contributed by atoms with Crippen LogP contribution in [0.25, 0.3) is 5.69 Å². The number of hydrogen-bond acceptors (Lipinski definition) is 5. The van der Waals surface area contributed by atoms with Gasteiger partial charge < -0.3 is 10.1 Å². The minimum absolute atomic E-state index is 0.0194. The van der Waals surface area contributed by atoms with Gasteiger partial charge in [0.25, 0.3) is 11.6 Å². The van der Waals surface area contributed by atoms with Crippen LogP contribution >= 0.6 is 11.6 Å². The van der Waals surface area contributed by atoms with Crippen molar-refractivity contribution < 1.29 is 14.5 Å². The summed E-state index contributed by atoms with van der Waals surface area (Å²) in [5, 5.41) is 18.6. The lowest BCUT2D eigenvalue weighted by atomic mass is 10.1. The van der Waals surface area contributed by atoms with Gasteiger partial charge in [-0.3, -0.25) is 14.9 Å². The highest BCUT2D eigenvalue weighted by atomic mass is 35.5. The van der Waals surface area contributed by atoms with Gasteiger partial charge in [-0.05, 0) is 42.8 Å². The number of halogens is 1. The van der Waals surface area contributed by atoms with Crippen molar-refractivity contribution in [2.24, 2.45) is 0 Å². The van der Waals surface area contributed by atoms with Gasteiger partial charge in [0.2, 0.25) is 0 Å². The summed E-state index contributed by atoms with van der Waals surface area (Å²) in [7, 11) is 0. The first-order chi connectivity index (χ1) is 13.4. The molecule has 1 aliphatic heterocycles. The number of nitro benzene ring substituents is 1. The van der Waals surface area contributed by atoms with Crippen LogP contribution in [-0.4, -0.2) is 26.7 Å². The van der Waals surface area contributed by atoms with E-state index < -0.39 is 11.0 Å². The quantitative estimate of drug-likeness (QED) is 0.533. The number of ether oxygens (including phenoxy) is 1. The number of anilines is 1. The topological polar surface area (TPSA) is 99.3 Å². The molecule has 1 N–H and O–H groups in total. The summed E-state index contributed by atoms with van der Waals surface area (Å²) in [6.45, 7) is 1.79. The average Bonchev–Trinajstić information content (AvgIpc) is 3.24. The van der Waals surface area contributed by atoms with Gasteiger partial charge in [0.05, 0.1) is 16.3 Å². The molecule has 0 spiro atoms. The molecular weight excluding hydrogens is 384 g/mol. The smallest absolute Gasteiger partial charge is 0.269 e. The number of fused-ring (bicyclic) bond motifs is 1. The number of carbonyl (C=O) groups excluding carboxylic acids is 1. The Balaban J connectivity index is 1.54. The van der Waals surface area contributed by atoms with Gasteiger partial charge in [-0.15, -0.1) is 0 Å². The van der Waals surface area contributed by atoms with Crippen molar-refractivity contribution in [3.8, 4) is 11.4 Å². The van der Waals surface area contributed by atoms with Crippen molar-refractivity contribution in [3.63, 3.8) is 0 Å². The monoisotopic (exact) mass is 398 g/mol. The highest BCUT2D eigenvalue weighted by Gasteiger charge is 2.30. The number of aryl methyl sites for hydroxylation is 1. The standard InChI is InChI=1S/C19H15ClN4O4/c1-11-8-18(23(22-11)14-3-5-15(6-4-14)24(26)27)21-19(25)17-10-12-9-13(20)2-7-16(12)28-17/h2-9,17H,10H2,1H3,(H,21,25). The van der Waals surface area contributed by atoms with Crippen LogP contribution in [0.1, 0.15) is 11.3 Å². The maximum Gasteiger partial charge on any atom is 0.269 e. The third-order valence-corrected chi connectivity index (χ3v) is 4.61. The molecule has 1 aliphatic rings. The summed E-state index contributed by atoms with van der Waals surface area (Å²) >= 11 is 5.99. The lowest BCUT2D eigenvalue weighted by Gasteiger charge is -2.12. The van der Waals surface area contributed by atoms with Crippen LogP contribution in [0, 0.1) is 17.0 Å². The van der Waals surface area contributed by atoms with Crippen molar-refractivity contribution in [1.29, 1.82) is 0 Å². The molecule has 0 saturated heterocycles. The maximum atomic E-state index is 12.7. The Morgan fingerprint density at radius 1 is 1.29 bits per heavy atom. The summed E-state index contributed by atoms with van der Waals surface area (Å²) in [6, 6.07) is 12.9. The molecule has 2 heterocycles. The van der Waals surface area contributed by atoms with Crippen LogP contribution < -0.4 is 10.1 Å². The zero-order valence-electron chi connectivity index (χ0n) is 14.8. The number of rotatable bonds is 4. The molecule has 0 radical (unpaired) electrons. The Bertz CT molecular complexity index is 1080. The first kappa shape index (κ1) is 18.0. The number of amides is 1. The Morgan fingerprint density at radius 2 is 2.04 bits per heavy atom. The molecule has 142 valence electrons. The lowest BCUT2D eigenvalue weighted by molar-refractivity contribution is -0.384. The molecule has 8 nitrogen and oxygen atoms in total. The van der Waals surface area contributed by atoms with E-state index in [-0.39, 0.29) is 11.6 Å². The minimum atomic E-state index is -0.672. The SMILES string of the molecule is Cc1cc(NC(=O)C2Cc3cc(Cl)ccc3O2)n(-c2ccc([N+](=O)[O-])cc2)n1. The molecule has 3 aromatic rings. The first-order valence-corrected chi connectivity index (χ1v) is 8.86. The number of nitrogens with one attached hydrogen (secondary N) is 1. The van der Waals surface area contributed by atoms with E-state index in [9.17, 15) is 14.9 Å². The van der Waals surface area contributed by atoms with E-state index in [2.05, 4.69) is 10.4 Å². The van der Waals surface area contributed by atoms with Crippen molar-refractivity contribution in [3.05, 3.63) is 74.9 Å². The van der Waals surface area contributed by atoms with Crippen molar-refractivity contribution >= 4 is 29.0 Å². The minimum Gasteiger partial charge on any atom is -0.480 e. The fourth-order valence-electron chi connectivity index (χ4n) is 3.07. The van der Waals surface area contributed by atoms with Gasteiger partial charge in [-0.25, -0.2) is 4.68 Å². The molecule has 0 saturated carbocycles. The molecule has 1 aromatic heterocycles. The Morgan fingerprint density at radius 3 is 2.75 bits per heavy atom. The molecule has 28 heavy (non-hydrogen) atoms. The van der Waals surface area contributed by atoms with Crippen LogP contribution in [0.4, 0.5) is 11.5 Å². The van der Waals surface area contributed by atoms with Crippen LogP contribution in [0.5, 0.6) is 5.75 Å². The highest BCUT2D eigenvalue weighted by Crippen LogP contribution is 2.31. The molecular formula is C19H15ClN4O4. The predicted molar refractivity (Wildman–Crippen MR) is 103 cm³/mol. The van der Waals surface area contributed by atoms with E-state index in [1.165, 1.54) is 16.8 Å². The normalized spacial score (nSPS) is 15.0. The van der Waals surface area contributed by atoms with Gasteiger partial charge in [0.15, 0.2) is 6.10 Å². The Kier molecular flexibility index (Phi) is 4.48. The largest absolute Gasteiger partial charge is 0.480 e. The first-order valence-electron chi connectivity index (χ1n) is 8.48. The molecule has 0 bridgehead atoms. The van der Waals surface area contributed by atoms with Gasteiger partial charge in [-0.2, -0.15) is 5.10 Å². The second kappa shape index (κ2) is 6.97. The van der Waals surface area contributed by atoms with Crippen molar-refractivity contribution in [2.75, 3.05) is 5.32 Å². The summed E-state index contributed by atoms with van der Waals surface area (Å²) in [5.41, 5.74) is 2.15. The Hall–Kier alpha value is -3.39. The zero-order chi connectivity index (χ0) is 19.8. The fourth-order valence-corrected chi connectivity index (χ4v) is 3.27. The van der Waals surface area contributed by atoms with Gasteiger partial charge >= 0.3 is 0 Å². The number of non-ortho nitro benzene ring substituents is 1. The van der Waals surface area contributed by atoms with E-state index in [4.69, 9.17) is 16.3 Å². The third-order valence-electron chi connectivity index (χ3n) is 4.38. The second-order valence-corrected chi connectivity index (χ2v) is 6.84. The maximum absolute atomic E-state index is 12.7. The molecule has 0 fully saturated rings. The van der Waals surface area contributed by atoms with Crippen LogP contribution in [0.15, 0.2) is 48.5 Å². The van der Waals surface area contributed by atoms with Gasteiger partial charge in [0.1, 0.15) is 11.6 Å². The Labute approximate surface area is 164 Å². The molecule has 1 amide bonds. The molecule has 9 heteroatoms. The van der Waals surface area contributed by atoms with E-state index >= 15 is 0 Å². The number of hydrogen-bond donors (Lipinski definition) is 1. The van der Waals surface area contributed by atoms with Crippen molar-refractivity contribution in [2.45, 2.75) is 19.4 Å². The molecule has 1 unspecified atom stereocenters. The highest BCUT2D eigenvalue weighted by molar-refractivity contribution is 6.30. The number of nitrogens with zero attached hydrogens (tertiary/aromatic N) is 3. The number of carbonyl (C=O) groups is 1. The predicted octanol–water partition coefficient (Wildman–Crippen LogP) is 3.68. The van der Waals surface area contributed by atoms with E-state index in [1.807, 2.05) is 0 Å². The summed E-state index contributed by atoms with van der Waals surface area (Å²) < 4.78 is 7.24. The fraction of sp³-hybridized carbons (Fsp3) is 0.158. The number of aromatic nitrogens is 2. The summed E-state index contributed by atoms with van der Waals surface area (Å²) in [5.74, 6) is 0.786. The molecule has 1 atom stereocenters. The molecule has 2 aromatic carbocycles. The van der Waals surface area contributed by atoms with Crippen molar-refractivity contribution in [1.82, 2.24) is 9.78 Å². The van der Waals surface area contributed by atoms with E-state index in [0.717, 1.165) is 5.56 Å². The van der Waals surface area contributed by atoms with Crippen LogP contribution in [-0.2, 0) is 11.2 Å². The number of nitro groups is 1. The lowest BCUT2D eigenvalue weighted by Crippen LogP contribution is -2.32. The zero-order valence-corrected chi connectivity index (χ0v) is 15.5. The second-order valence-electron chi connectivity index (χ2n) is 6.41. The average molecular weight is 399 g/mol. The van der Waals surface area contributed by atoms with Crippen LogP contribution in [0.2, 0.25) is 5.02 Å². The van der Waals surface area contributed by atoms with E-state index in [1.54, 1.807) is 43.3 Å². The summed E-state index contributed by atoms with van der Waals surface area (Å²) in [4.78, 5) is 23.1. The number of benzene rings is 2. The van der Waals surface area contributed by atoms with Gasteiger partial charge in [-0.1, -0.05) is 11.6 Å². The molecule has 0 aliphatic carbocycles. The summed E-state index contributed by atoms with van der Waals surface area (Å²) in [6.07, 6.45) is -0.249. The van der Waals surface area contributed by atoms with Gasteiger partial charge in [0, 0.05) is 29.6 Å². The van der Waals surface area contributed by atoms with E-state index in [0.29, 0.717) is 34.4 Å². The van der Waals surface area contributed by atoms with Crippen LogP contribution in [0.3, 0.4) is 0 Å². The molecule has 4 rings (SSSR count). The third kappa shape index (κ3) is 3.41.